The summed E-state index contributed by atoms with van der Waals surface area (Å²) in [5, 5.41) is 0. The van der Waals surface area contributed by atoms with Crippen molar-refractivity contribution in [3.05, 3.63) is 0 Å². The van der Waals surface area contributed by atoms with E-state index in [1.807, 2.05) is 0 Å². The SMILES string of the molecule is F[P-](F)(F)(F)(F)F.O[P+]12CCCCP(CCCC1)CCC2. The summed E-state index contributed by atoms with van der Waals surface area (Å²) in [5.41, 5.74) is 0. The van der Waals surface area contributed by atoms with Crippen molar-refractivity contribution in [2.45, 2.75) is 32.1 Å². The molecule has 0 aromatic rings. The maximum absolute atomic E-state index is 10.7. The minimum atomic E-state index is -10.7. The van der Waals surface area contributed by atoms with Gasteiger partial charge < -0.3 is 0 Å². The topological polar surface area (TPSA) is 20.2 Å². The van der Waals surface area contributed by atoms with Crippen LogP contribution in [0.1, 0.15) is 32.1 Å². The van der Waals surface area contributed by atoms with Crippen molar-refractivity contribution in [2.24, 2.45) is 0 Å². The summed E-state index contributed by atoms with van der Waals surface area (Å²) >= 11 is 0. The predicted molar refractivity (Wildman–Crippen MR) is 81.9 cm³/mol. The summed E-state index contributed by atoms with van der Waals surface area (Å²) in [6.07, 6.45) is 14.9. The Labute approximate surface area is 123 Å². The number of rotatable bonds is 0. The monoisotopic (exact) mass is 378 g/mol. The van der Waals surface area contributed by atoms with E-state index >= 15 is 0 Å². The molecule has 0 radical (unpaired) electrons. The van der Waals surface area contributed by atoms with Crippen molar-refractivity contribution in [3.8, 4) is 0 Å². The molecule has 2 bridgehead atoms. The van der Waals surface area contributed by atoms with Crippen LogP contribution in [0.5, 0.6) is 0 Å². The van der Waals surface area contributed by atoms with Crippen LogP contribution in [0.2, 0.25) is 0 Å². The third-order valence-electron chi connectivity index (χ3n) is 3.65. The quantitative estimate of drug-likeness (QED) is 0.365. The Kier molecular flexibility index (Phi) is 6.04. The molecule has 0 aliphatic carbocycles. The minimum Gasteiger partial charge on any atom is -0.252 e. The van der Waals surface area contributed by atoms with Crippen molar-refractivity contribution in [1.29, 1.82) is 0 Å². The van der Waals surface area contributed by atoms with Crippen molar-refractivity contribution in [2.75, 3.05) is 37.0 Å². The molecule has 2 rings (SSSR count). The Morgan fingerprint density at radius 3 is 1.43 bits per heavy atom. The third kappa shape index (κ3) is 13.0. The molecule has 2 fully saturated rings. The number of halogens is 6. The summed E-state index contributed by atoms with van der Waals surface area (Å²) in [7, 11) is -11.7. The standard InChI is InChI=1S/C11H23OP2.F6P/c12-14-9-3-1-6-13(8-5-11-14)7-2-4-10-14;1-7(2,3,4,5)6/h12H,1-11H2;/q+1;-1. The van der Waals surface area contributed by atoms with Crippen LogP contribution in [0.3, 0.4) is 0 Å². The molecule has 10 heteroatoms. The first-order valence-electron chi connectivity index (χ1n) is 7.11. The van der Waals surface area contributed by atoms with Crippen molar-refractivity contribution < 1.29 is 30.1 Å². The molecular weight excluding hydrogens is 355 g/mol. The first kappa shape index (κ1) is 19.9. The smallest absolute Gasteiger partial charge is 0.142 e. The summed E-state index contributed by atoms with van der Waals surface area (Å²) in [4.78, 5) is 10.6. The van der Waals surface area contributed by atoms with Crippen molar-refractivity contribution >= 4 is 23.2 Å². The predicted octanol–water partition coefficient (Wildman–Crippen LogP) is 6.75. The second-order valence-electron chi connectivity index (χ2n) is 5.83. The molecule has 0 amide bonds. The Morgan fingerprint density at radius 2 is 1.00 bits per heavy atom. The molecular formula is C11H23F6OP3. The molecule has 2 aliphatic heterocycles. The molecule has 2 aliphatic rings. The van der Waals surface area contributed by atoms with E-state index in [1.165, 1.54) is 69.1 Å². The van der Waals surface area contributed by atoms with E-state index in [9.17, 15) is 30.1 Å². The number of hydrogen-bond acceptors (Lipinski definition) is 1. The van der Waals surface area contributed by atoms with E-state index in [0.29, 0.717) is 7.92 Å². The van der Waals surface area contributed by atoms with Gasteiger partial charge in [-0.25, -0.2) is 0 Å². The summed E-state index contributed by atoms with van der Waals surface area (Å²) in [5.74, 6) is 0. The minimum absolute atomic E-state index is 0.373. The molecule has 0 aromatic heterocycles. The van der Waals surface area contributed by atoms with Gasteiger partial charge in [0, 0.05) is 0 Å². The molecule has 21 heavy (non-hydrogen) atoms. The van der Waals surface area contributed by atoms with Gasteiger partial charge in [-0.15, -0.1) is 7.92 Å². The third-order valence-corrected chi connectivity index (χ3v) is 9.94. The Morgan fingerprint density at radius 1 is 0.667 bits per heavy atom. The fraction of sp³-hybridized carbons (Fsp3) is 1.00. The van der Waals surface area contributed by atoms with E-state index in [2.05, 4.69) is 0 Å². The van der Waals surface area contributed by atoms with Crippen molar-refractivity contribution in [3.63, 3.8) is 0 Å². The second-order valence-corrected chi connectivity index (χ2v) is 14.0. The fourth-order valence-electron chi connectivity index (χ4n) is 2.74. The summed E-state index contributed by atoms with van der Waals surface area (Å²) in [6, 6.07) is 0. The first-order chi connectivity index (χ1) is 9.23. The molecule has 0 aromatic carbocycles. The van der Waals surface area contributed by atoms with Gasteiger partial charge in [-0.1, -0.05) is 0 Å². The molecule has 2 saturated heterocycles. The zero-order valence-electron chi connectivity index (χ0n) is 11.8. The maximum Gasteiger partial charge on any atom is 0.142 e. The van der Waals surface area contributed by atoms with Gasteiger partial charge in [0.2, 0.25) is 0 Å². The fourth-order valence-corrected chi connectivity index (χ4v) is 8.65. The van der Waals surface area contributed by atoms with Crippen LogP contribution in [-0.4, -0.2) is 41.9 Å². The van der Waals surface area contributed by atoms with E-state index in [1.54, 1.807) is 0 Å². The largest absolute Gasteiger partial charge is 0.252 e. The van der Waals surface area contributed by atoms with Gasteiger partial charge in [0.1, 0.15) is 7.49 Å². The number of fused-ring (bicyclic) bond motifs is 4. The Hall–Kier alpha value is 0.830. The van der Waals surface area contributed by atoms with E-state index in [0.717, 1.165) is 0 Å². The van der Waals surface area contributed by atoms with Gasteiger partial charge in [-0.05, 0) is 50.6 Å². The molecule has 1 N–H and O–H groups in total. The van der Waals surface area contributed by atoms with Crippen LogP contribution >= 0.6 is 23.2 Å². The van der Waals surface area contributed by atoms with Crippen molar-refractivity contribution in [1.82, 2.24) is 0 Å². The zero-order valence-corrected chi connectivity index (χ0v) is 14.5. The van der Waals surface area contributed by atoms with Gasteiger partial charge in [-0.2, -0.15) is 0 Å². The zero-order chi connectivity index (χ0) is 16.3. The van der Waals surface area contributed by atoms with Gasteiger partial charge in [0.05, 0.1) is 18.5 Å². The molecule has 0 unspecified atom stereocenters. The van der Waals surface area contributed by atoms with Gasteiger partial charge >= 0.3 is 33.0 Å². The van der Waals surface area contributed by atoms with Crippen LogP contribution in [0.25, 0.3) is 0 Å². The first-order valence-corrected chi connectivity index (χ1v) is 13.3. The van der Waals surface area contributed by atoms with E-state index < -0.39 is 15.3 Å². The average molecular weight is 378 g/mol. The molecule has 0 spiro atoms. The van der Waals surface area contributed by atoms with Crippen LogP contribution in [0.15, 0.2) is 0 Å². The summed E-state index contributed by atoms with van der Waals surface area (Å²) in [6.45, 7) is 0. The molecule has 130 valence electrons. The van der Waals surface area contributed by atoms with Crippen LogP contribution in [-0.2, 0) is 0 Å². The molecule has 0 atom stereocenters. The molecule has 1 nitrogen and oxygen atoms in total. The van der Waals surface area contributed by atoms with Crippen LogP contribution in [0, 0.1) is 0 Å². The molecule has 2 heterocycles. The van der Waals surface area contributed by atoms with Gasteiger partial charge in [0.15, 0.2) is 0 Å². The second kappa shape index (κ2) is 6.38. The van der Waals surface area contributed by atoms with Crippen LogP contribution < -0.4 is 0 Å². The Bertz CT molecular complexity index is 320. The summed E-state index contributed by atoms with van der Waals surface area (Å²) < 4.78 is 59.2. The van der Waals surface area contributed by atoms with Gasteiger partial charge in [-0.3, -0.25) is 4.89 Å². The normalized spacial score (nSPS) is 34.7. The number of hydrogen-bond donors (Lipinski definition) is 1. The van der Waals surface area contributed by atoms with Gasteiger partial charge in [0.25, 0.3) is 0 Å². The molecule has 0 saturated carbocycles. The average Bonchev–Trinajstić information content (AvgIpc) is 2.38. The van der Waals surface area contributed by atoms with Crippen LogP contribution in [0.4, 0.5) is 25.2 Å². The maximum atomic E-state index is 10.6. The van der Waals surface area contributed by atoms with E-state index in [4.69, 9.17) is 0 Å². The van der Waals surface area contributed by atoms with E-state index in [-0.39, 0.29) is 0 Å². The Balaban J connectivity index is 0.000000270.